The lowest BCUT2D eigenvalue weighted by Gasteiger charge is -2.24. The molecule has 1 N–H and O–H groups in total. The van der Waals surface area contributed by atoms with E-state index in [0.717, 1.165) is 24.1 Å². The molecule has 130 valence electrons. The van der Waals surface area contributed by atoms with E-state index in [1.165, 1.54) is 19.2 Å². The number of amides is 1. The fourth-order valence-electron chi connectivity index (χ4n) is 3.04. The van der Waals surface area contributed by atoms with Crippen molar-refractivity contribution in [3.05, 3.63) is 47.9 Å². The first-order valence-electron chi connectivity index (χ1n) is 8.04. The Hall–Kier alpha value is -2.80. The molecule has 2 aromatic rings. The second-order valence-electron chi connectivity index (χ2n) is 5.89. The predicted octanol–water partition coefficient (Wildman–Crippen LogP) is 2.15. The van der Waals surface area contributed by atoms with E-state index in [0.29, 0.717) is 12.2 Å². The number of carbonyl (C=O) groups is 2. The second kappa shape index (κ2) is 7.40. The van der Waals surface area contributed by atoms with Gasteiger partial charge in [0, 0.05) is 19.2 Å². The van der Waals surface area contributed by atoms with Crippen molar-refractivity contribution < 1.29 is 19.4 Å². The summed E-state index contributed by atoms with van der Waals surface area (Å²) in [5.74, 6) is -1.02. The minimum absolute atomic E-state index is 0.0528. The summed E-state index contributed by atoms with van der Waals surface area (Å²) >= 11 is 0. The van der Waals surface area contributed by atoms with E-state index < -0.39 is 5.97 Å². The summed E-state index contributed by atoms with van der Waals surface area (Å²) < 4.78 is 4.95. The third-order valence-electron chi connectivity index (χ3n) is 4.26. The molecule has 0 radical (unpaired) electrons. The number of nitrogens with zero attached hydrogens (tertiary/aromatic N) is 3. The van der Waals surface area contributed by atoms with Crippen LogP contribution in [-0.4, -0.2) is 52.1 Å². The first kappa shape index (κ1) is 17.0. The average Bonchev–Trinajstić information content (AvgIpc) is 3.12. The van der Waals surface area contributed by atoms with E-state index in [2.05, 4.69) is 9.97 Å². The van der Waals surface area contributed by atoms with E-state index in [4.69, 9.17) is 9.84 Å². The maximum atomic E-state index is 12.2. The van der Waals surface area contributed by atoms with Crippen LogP contribution in [0.4, 0.5) is 0 Å². The van der Waals surface area contributed by atoms with E-state index in [-0.39, 0.29) is 24.1 Å². The molecule has 0 bridgehead atoms. The SMILES string of the molecule is COCC(=O)N1CCC[C@H]1c1cncc(-c2ccc(C(=O)O)cc2)n1. The van der Waals surface area contributed by atoms with Gasteiger partial charge in [0.05, 0.1) is 35.4 Å². The van der Waals surface area contributed by atoms with Gasteiger partial charge >= 0.3 is 5.97 Å². The first-order chi connectivity index (χ1) is 12.1. The minimum Gasteiger partial charge on any atom is -0.478 e. The Morgan fingerprint density at radius 3 is 2.72 bits per heavy atom. The number of rotatable bonds is 5. The van der Waals surface area contributed by atoms with E-state index >= 15 is 0 Å². The lowest BCUT2D eigenvalue weighted by Crippen LogP contribution is -2.33. The second-order valence-corrected chi connectivity index (χ2v) is 5.89. The molecular weight excluding hydrogens is 322 g/mol. The van der Waals surface area contributed by atoms with Gasteiger partial charge in [-0.15, -0.1) is 0 Å². The molecule has 3 rings (SSSR count). The van der Waals surface area contributed by atoms with Crippen molar-refractivity contribution in [1.82, 2.24) is 14.9 Å². The van der Waals surface area contributed by atoms with Crippen LogP contribution in [0.1, 0.15) is 34.9 Å². The maximum Gasteiger partial charge on any atom is 0.335 e. The van der Waals surface area contributed by atoms with Crippen molar-refractivity contribution in [2.24, 2.45) is 0 Å². The molecule has 1 aliphatic rings. The van der Waals surface area contributed by atoms with E-state index in [1.54, 1.807) is 29.4 Å². The predicted molar refractivity (Wildman–Crippen MR) is 90.0 cm³/mol. The molecule has 1 aromatic carbocycles. The van der Waals surface area contributed by atoms with Gasteiger partial charge in [0.15, 0.2) is 0 Å². The summed E-state index contributed by atoms with van der Waals surface area (Å²) in [7, 11) is 1.50. The molecule has 1 amide bonds. The Balaban J connectivity index is 1.86. The highest BCUT2D eigenvalue weighted by molar-refractivity contribution is 5.88. The van der Waals surface area contributed by atoms with Crippen molar-refractivity contribution in [2.75, 3.05) is 20.3 Å². The van der Waals surface area contributed by atoms with Crippen LogP contribution in [0.5, 0.6) is 0 Å². The van der Waals surface area contributed by atoms with Crippen LogP contribution < -0.4 is 0 Å². The monoisotopic (exact) mass is 341 g/mol. The number of hydrogen-bond acceptors (Lipinski definition) is 5. The summed E-state index contributed by atoms with van der Waals surface area (Å²) in [6.45, 7) is 0.742. The van der Waals surface area contributed by atoms with Crippen molar-refractivity contribution in [3.8, 4) is 11.3 Å². The van der Waals surface area contributed by atoms with Crippen molar-refractivity contribution >= 4 is 11.9 Å². The Morgan fingerprint density at radius 1 is 1.28 bits per heavy atom. The molecule has 1 saturated heterocycles. The molecule has 7 heteroatoms. The zero-order chi connectivity index (χ0) is 17.8. The number of likely N-dealkylation sites (tertiary alicyclic amines) is 1. The van der Waals surface area contributed by atoms with Crippen molar-refractivity contribution in [3.63, 3.8) is 0 Å². The molecule has 1 aromatic heterocycles. The van der Waals surface area contributed by atoms with Gasteiger partial charge in [-0.05, 0) is 25.0 Å². The number of aromatic nitrogens is 2. The van der Waals surface area contributed by atoms with Gasteiger partial charge in [-0.25, -0.2) is 9.78 Å². The Kier molecular flexibility index (Phi) is 5.04. The number of aromatic carboxylic acids is 1. The third-order valence-corrected chi connectivity index (χ3v) is 4.26. The number of carboxylic acid groups (broad SMARTS) is 1. The smallest absolute Gasteiger partial charge is 0.335 e. The van der Waals surface area contributed by atoms with Crippen molar-refractivity contribution in [1.29, 1.82) is 0 Å². The molecule has 0 unspecified atom stereocenters. The molecule has 2 heterocycles. The molecule has 25 heavy (non-hydrogen) atoms. The van der Waals surface area contributed by atoms with Crippen LogP contribution >= 0.6 is 0 Å². The lowest BCUT2D eigenvalue weighted by molar-refractivity contribution is -0.136. The minimum atomic E-state index is -0.968. The van der Waals surface area contributed by atoms with Crippen LogP contribution in [0.15, 0.2) is 36.7 Å². The van der Waals surface area contributed by atoms with Gasteiger partial charge in [-0.3, -0.25) is 9.78 Å². The van der Waals surface area contributed by atoms with Gasteiger partial charge in [0.25, 0.3) is 0 Å². The lowest BCUT2D eigenvalue weighted by atomic mass is 10.1. The van der Waals surface area contributed by atoms with Gasteiger partial charge in [0.2, 0.25) is 5.91 Å². The highest BCUT2D eigenvalue weighted by Gasteiger charge is 2.31. The van der Waals surface area contributed by atoms with E-state index in [9.17, 15) is 9.59 Å². The summed E-state index contributed by atoms with van der Waals surface area (Å²) in [6, 6.07) is 6.39. The van der Waals surface area contributed by atoms with E-state index in [1.807, 2.05) is 0 Å². The third kappa shape index (κ3) is 3.66. The number of ether oxygens (including phenoxy) is 1. The van der Waals surface area contributed by atoms with Crippen LogP contribution in [0.3, 0.4) is 0 Å². The van der Waals surface area contributed by atoms with Crippen molar-refractivity contribution in [2.45, 2.75) is 18.9 Å². The fourth-order valence-corrected chi connectivity index (χ4v) is 3.04. The number of benzene rings is 1. The van der Waals surface area contributed by atoms with Gasteiger partial charge < -0.3 is 14.7 Å². The zero-order valence-electron chi connectivity index (χ0n) is 13.9. The summed E-state index contributed by atoms with van der Waals surface area (Å²) in [5.41, 5.74) is 2.40. The highest BCUT2D eigenvalue weighted by Crippen LogP contribution is 2.31. The van der Waals surface area contributed by atoms with Gasteiger partial charge in [-0.1, -0.05) is 12.1 Å². The summed E-state index contributed by atoms with van der Waals surface area (Å²) in [6.07, 6.45) is 5.07. The largest absolute Gasteiger partial charge is 0.478 e. The Bertz CT molecular complexity index is 776. The highest BCUT2D eigenvalue weighted by atomic mass is 16.5. The molecule has 1 aliphatic heterocycles. The number of carboxylic acids is 1. The van der Waals surface area contributed by atoms with Gasteiger partial charge in [-0.2, -0.15) is 0 Å². The molecule has 0 saturated carbocycles. The quantitative estimate of drug-likeness (QED) is 0.896. The first-order valence-corrected chi connectivity index (χ1v) is 8.04. The normalized spacial score (nSPS) is 16.8. The van der Waals surface area contributed by atoms with Crippen LogP contribution in [-0.2, 0) is 9.53 Å². The summed E-state index contributed by atoms with van der Waals surface area (Å²) in [5, 5.41) is 8.98. The summed E-state index contributed by atoms with van der Waals surface area (Å²) in [4.78, 5) is 33.8. The molecular formula is C18H19N3O4. The number of hydrogen-bond donors (Lipinski definition) is 1. The number of methoxy groups -OCH3 is 1. The molecule has 1 fully saturated rings. The number of carbonyl (C=O) groups excluding carboxylic acids is 1. The molecule has 0 spiro atoms. The topological polar surface area (TPSA) is 92.6 Å². The molecule has 7 nitrogen and oxygen atoms in total. The van der Waals surface area contributed by atoms with Crippen LogP contribution in [0.25, 0.3) is 11.3 Å². The Morgan fingerprint density at radius 2 is 2.04 bits per heavy atom. The standard InChI is InChI=1S/C18H19N3O4/c1-25-11-17(22)21-8-2-3-16(21)15-10-19-9-14(20-15)12-4-6-13(7-5-12)18(23)24/h4-7,9-10,16H,2-3,8,11H2,1H3,(H,23,24)/t16-/m0/s1. The Labute approximate surface area is 145 Å². The van der Waals surface area contributed by atoms with Gasteiger partial charge in [0.1, 0.15) is 6.61 Å². The van der Waals surface area contributed by atoms with Crippen LogP contribution in [0, 0.1) is 0 Å². The fraction of sp³-hybridized carbons (Fsp3) is 0.333. The molecule has 1 atom stereocenters. The van der Waals surface area contributed by atoms with Crippen LogP contribution in [0.2, 0.25) is 0 Å². The molecule has 0 aliphatic carbocycles. The average molecular weight is 341 g/mol. The maximum absolute atomic E-state index is 12.2. The zero-order valence-corrected chi connectivity index (χ0v) is 13.9.